The van der Waals surface area contributed by atoms with Crippen LogP contribution in [0.1, 0.15) is 58.3 Å². The Morgan fingerprint density at radius 2 is 1.67 bits per heavy atom. The molecule has 0 saturated heterocycles. The van der Waals surface area contributed by atoms with Crippen LogP contribution in [0.15, 0.2) is 0 Å². The molecule has 0 aliphatic rings. The Hall–Kier alpha value is -0.570. The summed E-state index contributed by atoms with van der Waals surface area (Å²) in [5.41, 5.74) is 5.22. The molecule has 0 aromatic carbocycles. The van der Waals surface area contributed by atoms with Crippen molar-refractivity contribution in [1.82, 2.24) is 0 Å². The lowest BCUT2D eigenvalue weighted by molar-refractivity contribution is -0.143. The number of esters is 1. The molecule has 0 heterocycles. The molecule has 90 valence electrons. The van der Waals surface area contributed by atoms with Crippen molar-refractivity contribution in [2.75, 3.05) is 13.2 Å². The van der Waals surface area contributed by atoms with Gasteiger partial charge in [-0.15, -0.1) is 0 Å². The molecule has 0 aromatic rings. The first kappa shape index (κ1) is 14.4. The normalized spacial score (nSPS) is 10.3. The summed E-state index contributed by atoms with van der Waals surface area (Å²) in [6, 6.07) is 0. The number of ether oxygens (including phenoxy) is 1. The molecule has 0 amide bonds. The number of carbonyl (C=O) groups excluding carboxylic acids is 1. The molecule has 0 atom stereocenters. The quantitative estimate of drug-likeness (QED) is 0.450. The molecule has 0 fully saturated rings. The van der Waals surface area contributed by atoms with Crippen LogP contribution in [0.5, 0.6) is 0 Å². The summed E-state index contributed by atoms with van der Waals surface area (Å²) in [4.78, 5) is 11.1. The fraction of sp³-hybridized carbons (Fsp3) is 0.917. The van der Waals surface area contributed by atoms with Gasteiger partial charge in [-0.25, -0.2) is 0 Å². The molecule has 0 unspecified atom stereocenters. The molecule has 0 radical (unpaired) electrons. The SMILES string of the molecule is CCCCCCCCCC(=O)OCCN. The summed E-state index contributed by atoms with van der Waals surface area (Å²) in [6.45, 7) is 2.99. The predicted molar refractivity (Wildman–Crippen MR) is 62.6 cm³/mol. The summed E-state index contributed by atoms with van der Waals surface area (Å²) in [7, 11) is 0. The second-order valence-corrected chi connectivity index (χ2v) is 3.88. The summed E-state index contributed by atoms with van der Waals surface area (Å²) in [5.74, 6) is -0.103. The second-order valence-electron chi connectivity index (χ2n) is 3.88. The largest absolute Gasteiger partial charge is 0.464 e. The van der Waals surface area contributed by atoms with E-state index in [9.17, 15) is 4.79 Å². The van der Waals surface area contributed by atoms with Crippen LogP contribution in [-0.4, -0.2) is 19.1 Å². The molecule has 0 rings (SSSR count). The average Bonchev–Trinajstić information content (AvgIpc) is 2.25. The van der Waals surface area contributed by atoms with Gasteiger partial charge in [0.1, 0.15) is 6.61 Å². The van der Waals surface area contributed by atoms with E-state index in [0.717, 1.165) is 12.8 Å². The fourth-order valence-electron chi connectivity index (χ4n) is 1.47. The summed E-state index contributed by atoms with van der Waals surface area (Å²) in [6.07, 6.45) is 9.12. The third-order valence-electron chi connectivity index (χ3n) is 2.37. The monoisotopic (exact) mass is 215 g/mol. The molecule has 2 N–H and O–H groups in total. The van der Waals surface area contributed by atoms with E-state index in [2.05, 4.69) is 6.92 Å². The first-order chi connectivity index (χ1) is 7.31. The highest BCUT2D eigenvalue weighted by atomic mass is 16.5. The molecule has 15 heavy (non-hydrogen) atoms. The topological polar surface area (TPSA) is 52.3 Å². The summed E-state index contributed by atoms with van der Waals surface area (Å²) < 4.78 is 4.87. The van der Waals surface area contributed by atoms with E-state index in [-0.39, 0.29) is 5.97 Å². The van der Waals surface area contributed by atoms with Crippen LogP contribution in [-0.2, 0) is 9.53 Å². The highest BCUT2D eigenvalue weighted by Gasteiger charge is 2.00. The lowest BCUT2D eigenvalue weighted by Crippen LogP contribution is -2.13. The highest BCUT2D eigenvalue weighted by Crippen LogP contribution is 2.08. The molecular weight excluding hydrogens is 190 g/mol. The Bertz CT molecular complexity index is 149. The molecule has 0 spiro atoms. The molecule has 0 aromatic heterocycles. The van der Waals surface area contributed by atoms with Gasteiger partial charge < -0.3 is 10.5 Å². The summed E-state index contributed by atoms with van der Waals surface area (Å²) in [5, 5.41) is 0. The predicted octanol–water partition coefficient (Wildman–Crippen LogP) is 2.63. The first-order valence-electron chi connectivity index (χ1n) is 6.17. The van der Waals surface area contributed by atoms with Crippen molar-refractivity contribution in [3.8, 4) is 0 Å². The maximum atomic E-state index is 11.1. The molecule has 0 aliphatic carbocycles. The molecule has 3 nitrogen and oxygen atoms in total. The minimum atomic E-state index is -0.103. The van der Waals surface area contributed by atoms with E-state index in [1.807, 2.05) is 0 Å². The van der Waals surface area contributed by atoms with E-state index < -0.39 is 0 Å². The van der Waals surface area contributed by atoms with Gasteiger partial charge in [-0.3, -0.25) is 4.79 Å². The van der Waals surface area contributed by atoms with Crippen molar-refractivity contribution in [3.63, 3.8) is 0 Å². The number of unbranched alkanes of at least 4 members (excludes halogenated alkanes) is 6. The van der Waals surface area contributed by atoms with Gasteiger partial charge in [0.25, 0.3) is 0 Å². The van der Waals surface area contributed by atoms with E-state index in [0.29, 0.717) is 19.6 Å². The minimum absolute atomic E-state index is 0.103. The van der Waals surface area contributed by atoms with Crippen molar-refractivity contribution >= 4 is 5.97 Å². The van der Waals surface area contributed by atoms with E-state index >= 15 is 0 Å². The van der Waals surface area contributed by atoms with Crippen LogP contribution < -0.4 is 5.73 Å². The van der Waals surface area contributed by atoms with Gasteiger partial charge in [0.05, 0.1) is 0 Å². The third-order valence-corrected chi connectivity index (χ3v) is 2.37. The first-order valence-corrected chi connectivity index (χ1v) is 6.17. The van der Waals surface area contributed by atoms with Crippen LogP contribution in [0.2, 0.25) is 0 Å². The lowest BCUT2D eigenvalue weighted by Gasteiger charge is -2.03. The number of hydrogen-bond donors (Lipinski definition) is 1. The number of hydrogen-bond acceptors (Lipinski definition) is 3. The van der Waals surface area contributed by atoms with E-state index in [4.69, 9.17) is 10.5 Å². The number of rotatable bonds is 10. The molecular formula is C12H25NO2. The fourth-order valence-corrected chi connectivity index (χ4v) is 1.47. The van der Waals surface area contributed by atoms with Crippen LogP contribution in [0.3, 0.4) is 0 Å². The van der Waals surface area contributed by atoms with Crippen LogP contribution in [0.4, 0.5) is 0 Å². The van der Waals surface area contributed by atoms with Gasteiger partial charge >= 0.3 is 5.97 Å². The second kappa shape index (κ2) is 11.5. The lowest BCUT2D eigenvalue weighted by atomic mass is 10.1. The standard InChI is InChI=1S/C12H25NO2/c1-2-3-4-5-6-7-8-9-12(14)15-11-10-13/h2-11,13H2,1H3. The van der Waals surface area contributed by atoms with Crippen LogP contribution in [0, 0.1) is 0 Å². The highest BCUT2D eigenvalue weighted by molar-refractivity contribution is 5.69. The van der Waals surface area contributed by atoms with Gasteiger partial charge in [0, 0.05) is 13.0 Å². The van der Waals surface area contributed by atoms with Crippen LogP contribution in [0.25, 0.3) is 0 Å². The third kappa shape index (κ3) is 11.4. The Kier molecular flexibility index (Phi) is 11.1. The van der Waals surface area contributed by atoms with Crippen molar-refractivity contribution in [2.24, 2.45) is 5.73 Å². The molecule has 3 heteroatoms. The Balaban J connectivity index is 3.06. The van der Waals surface area contributed by atoms with Crippen molar-refractivity contribution in [3.05, 3.63) is 0 Å². The van der Waals surface area contributed by atoms with Crippen molar-refractivity contribution in [2.45, 2.75) is 58.3 Å². The zero-order chi connectivity index (χ0) is 11.4. The van der Waals surface area contributed by atoms with Gasteiger partial charge in [-0.1, -0.05) is 45.4 Å². The number of nitrogens with two attached hydrogens (primary N) is 1. The smallest absolute Gasteiger partial charge is 0.305 e. The maximum Gasteiger partial charge on any atom is 0.305 e. The Labute approximate surface area is 93.4 Å². The van der Waals surface area contributed by atoms with Gasteiger partial charge in [-0.2, -0.15) is 0 Å². The van der Waals surface area contributed by atoms with Gasteiger partial charge in [0.2, 0.25) is 0 Å². The van der Waals surface area contributed by atoms with E-state index in [1.54, 1.807) is 0 Å². The average molecular weight is 215 g/mol. The van der Waals surface area contributed by atoms with Crippen molar-refractivity contribution in [1.29, 1.82) is 0 Å². The Morgan fingerprint density at radius 1 is 1.07 bits per heavy atom. The minimum Gasteiger partial charge on any atom is -0.464 e. The number of carbonyl (C=O) groups is 1. The van der Waals surface area contributed by atoms with Gasteiger partial charge in [0.15, 0.2) is 0 Å². The Morgan fingerprint density at radius 3 is 2.27 bits per heavy atom. The molecule has 0 bridgehead atoms. The zero-order valence-electron chi connectivity index (χ0n) is 9.96. The molecule has 0 saturated carbocycles. The van der Waals surface area contributed by atoms with Crippen molar-refractivity contribution < 1.29 is 9.53 Å². The molecule has 0 aliphatic heterocycles. The van der Waals surface area contributed by atoms with Gasteiger partial charge in [-0.05, 0) is 6.42 Å². The zero-order valence-corrected chi connectivity index (χ0v) is 9.96. The summed E-state index contributed by atoms with van der Waals surface area (Å²) >= 11 is 0. The van der Waals surface area contributed by atoms with Crippen LogP contribution >= 0.6 is 0 Å². The van der Waals surface area contributed by atoms with E-state index in [1.165, 1.54) is 32.1 Å². The maximum absolute atomic E-state index is 11.1.